The van der Waals surface area contributed by atoms with Gasteiger partial charge in [0.15, 0.2) is 0 Å². The molecule has 0 saturated heterocycles. The zero-order chi connectivity index (χ0) is 21.8. The van der Waals surface area contributed by atoms with Gasteiger partial charge in [0.25, 0.3) is 5.91 Å². The first-order valence-electron chi connectivity index (χ1n) is 9.80. The summed E-state index contributed by atoms with van der Waals surface area (Å²) in [4.78, 5) is 25.0. The van der Waals surface area contributed by atoms with E-state index in [0.717, 1.165) is 11.3 Å². The number of benzene rings is 3. The normalized spacial score (nSPS) is 13.6. The molecule has 1 aliphatic rings. The molecule has 6 heteroatoms. The number of ether oxygens (including phenoxy) is 1. The van der Waals surface area contributed by atoms with Gasteiger partial charge < -0.3 is 15.4 Å². The summed E-state index contributed by atoms with van der Waals surface area (Å²) < 4.78 is 5.06. The Morgan fingerprint density at radius 2 is 1.77 bits per heavy atom. The van der Waals surface area contributed by atoms with Crippen LogP contribution >= 0.6 is 0 Å². The van der Waals surface area contributed by atoms with E-state index in [-0.39, 0.29) is 12.5 Å². The summed E-state index contributed by atoms with van der Waals surface area (Å²) in [7, 11) is 0. The van der Waals surface area contributed by atoms with Gasteiger partial charge in [-0.2, -0.15) is 5.26 Å². The minimum absolute atomic E-state index is 0.268. The molecule has 0 fully saturated rings. The minimum atomic E-state index is -0.434. The van der Waals surface area contributed by atoms with E-state index in [1.807, 2.05) is 30.3 Å². The van der Waals surface area contributed by atoms with Crippen molar-refractivity contribution in [2.24, 2.45) is 0 Å². The lowest BCUT2D eigenvalue weighted by Gasteiger charge is -2.15. The molecule has 1 amide bonds. The molecule has 0 aromatic heterocycles. The van der Waals surface area contributed by atoms with Crippen LogP contribution in [0.2, 0.25) is 0 Å². The van der Waals surface area contributed by atoms with E-state index < -0.39 is 5.97 Å². The molecule has 0 unspecified atom stereocenters. The van der Waals surface area contributed by atoms with Crippen molar-refractivity contribution in [2.45, 2.75) is 6.92 Å². The van der Waals surface area contributed by atoms with E-state index in [1.165, 1.54) is 0 Å². The monoisotopic (exact) mass is 409 g/mol. The molecule has 3 aromatic rings. The first-order chi connectivity index (χ1) is 15.1. The molecule has 0 bridgehead atoms. The van der Waals surface area contributed by atoms with E-state index in [0.29, 0.717) is 33.6 Å². The van der Waals surface area contributed by atoms with Crippen molar-refractivity contribution in [1.82, 2.24) is 0 Å². The summed E-state index contributed by atoms with van der Waals surface area (Å²) in [5.74, 6) is -0.702. The molecule has 0 atom stereocenters. The van der Waals surface area contributed by atoms with E-state index in [4.69, 9.17) is 10.00 Å². The van der Waals surface area contributed by atoms with Crippen molar-refractivity contribution < 1.29 is 14.3 Å². The van der Waals surface area contributed by atoms with Gasteiger partial charge in [-0.05, 0) is 48.9 Å². The second kappa shape index (κ2) is 8.56. The first kappa shape index (κ1) is 19.9. The molecule has 0 radical (unpaired) electrons. The van der Waals surface area contributed by atoms with Crippen LogP contribution in [-0.2, 0) is 9.53 Å². The number of carbonyl (C=O) groups excluding carboxylic acids is 2. The number of esters is 1. The maximum absolute atomic E-state index is 13.0. The number of carbonyl (C=O) groups is 2. The highest BCUT2D eigenvalue weighted by Crippen LogP contribution is 2.38. The number of nitriles is 1. The summed E-state index contributed by atoms with van der Waals surface area (Å²) in [6, 6.07) is 23.7. The standard InChI is InChI=1S/C25H19N3O3/c1-2-31-25(30)18-10-13-20-21(14-18)28-24(29)22(20)23(17-6-4-3-5-7-17)27-19-11-8-16(15-26)9-12-19/h3-14,27H,2H2,1H3,(H,28,29). The van der Waals surface area contributed by atoms with Crippen LogP contribution in [-0.4, -0.2) is 18.5 Å². The van der Waals surface area contributed by atoms with Crippen LogP contribution in [0.15, 0.2) is 72.8 Å². The lowest BCUT2D eigenvalue weighted by atomic mass is 9.99. The quantitative estimate of drug-likeness (QED) is 0.472. The van der Waals surface area contributed by atoms with Gasteiger partial charge in [-0.3, -0.25) is 4.79 Å². The summed E-state index contributed by atoms with van der Waals surface area (Å²) in [6.07, 6.45) is 0. The molecule has 4 rings (SSSR count). The third kappa shape index (κ3) is 4.02. The van der Waals surface area contributed by atoms with Gasteiger partial charge in [-0.25, -0.2) is 4.79 Å². The number of hydrogen-bond acceptors (Lipinski definition) is 5. The molecule has 6 nitrogen and oxygen atoms in total. The predicted octanol–water partition coefficient (Wildman–Crippen LogP) is 4.67. The SMILES string of the molecule is CCOC(=O)c1ccc2c(c1)NC(=O)C2=C(Nc1ccc(C#N)cc1)c1ccccc1. The Morgan fingerprint density at radius 1 is 1.03 bits per heavy atom. The zero-order valence-corrected chi connectivity index (χ0v) is 16.8. The van der Waals surface area contributed by atoms with Gasteiger partial charge in [0.1, 0.15) is 0 Å². The van der Waals surface area contributed by atoms with Gasteiger partial charge in [-0.15, -0.1) is 0 Å². The van der Waals surface area contributed by atoms with Gasteiger partial charge in [0.05, 0.1) is 40.8 Å². The van der Waals surface area contributed by atoms with Crippen molar-refractivity contribution in [3.63, 3.8) is 0 Å². The maximum atomic E-state index is 13.0. The number of hydrogen-bond donors (Lipinski definition) is 2. The van der Waals surface area contributed by atoms with Crippen LogP contribution in [0.25, 0.3) is 11.3 Å². The van der Waals surface area contributed by atoms with Crippen LogP contribution in [0.4, 0.5) is 11.4 Å². The van der Waals surface area contributed by atoms with Gasteiger partial charge in [-0.1, -0.05) is 36.4 Å². The molecular weight excluding hydrogens is 390 g/mol. The lowest BCUT2D eigenvalue weighted by Crippen LogP contribution is -2.10. The second-order valence-corrected chi connectivity index (χ2v) is 6.87. The molecule has 1 heterocycles. The second-order valence-electron chi connectivity index (χ2n) is 6.87. The summed E-state index contributed by atoms with van der Waals surface area (Å²) >= 11 is 0. The molecule has 0 saturated carbocycles. The zero-order valence-electron chi connectivity index (χ0n) is 16.8. The van der Waals surface area contributed by atoms with Crippen molar-refractivity contribution in [1.29, 1.82) is 5.26 Å². The fourth-order valence-corrected chi connectivity index (χ4v) is 3.42. The number of rotatable bonds is 5. The minimum Gasteiger partial charge on any atom is -0.462 e. The van der Waals surface area contributed by atoms with Gasteiger partial charge in [0.2, 0.25) is 0 Å². The van der Waals surface area contributed by atoms with Crippen molar-refractivity contribution in [3.8, 4) is 6.07 Å². The fraction of sp³-hybridized carbons (Fsp3) is 0.0800. The van der Waals surface area contributed by atoms with Crippen LogP contribution in [0, 0.1) is 11.3 Å². The van der Waals surface area contributed by atoms with Crippen molar-refractivity contribution >= 4 is 34.5 Å². The summed E-state index contributed by atoms with van der Waals surface area (Å²) in [5.41, 5.74) is 4.86. The Hall–Kier alpha value is -4.37. The Balaban J connectivity index is 1.82. The molecule has 3 aromatic carbocycles. The Bertz CT molecular complexity index is 1220. The number of fused-ring (bicyclic) bond motifs is 1. The Labute approximate surface area is 179 Å². The molecule has 1 aliphatic heterocycles. The smallest absolute Gasteiger partial charge is 0.338 e. The highest BCUT2D eigenvalue weighted by molar-refractivity contribution is 6.37. The van der Waals surface area contributed by atoms with Crippen molar-refractivity contribution in [2.75, 3.05) is 17.2 Å². The Kier molecular flexibility index (Phi) is 5.50. The molecule has 0 spiro atoms. The van der Waals surface area contributed by atoms with E-state index in [9.17, 15) is 9.59 Å². The van der Waals surface area contributed by atoms with Crippen LogP contribution < -0.4 is 10.6 Å². The number of nitrogens with zero attached hydrogens (tertiary/aromatic N) is 1. The Morgan fingerprint density at radius 3 is 2.45 bits per heavy atom. The first-order valence-corrected chi connectivity index (χ1v) is 9.80. The molecular formula is C25H19N3O3. The highest BCUT2D eigenvalue weighted by Gasteiger charge is 2.29. The fourth-order valence-electron chi connectivity index (χ4n) is 3.42. The molecule has 152 valence electrons. The molecule has 0 aliphatic carbocycles. The highest BCUT2D eigenvalue weighted by atomic mass is 16.5. The predicted molar refractivity (Wildman–Crippen MR) is 119 cm³/mol. The lowest BCUT2D eigenvalue weighted by molar-refractivity contribution is -0.110. The molecule has 2 N–H and O–H groups in total. The largest absolute Gasteiger partial charge is 0.462 e. The van der Waals surface area contributed by atoms with E-state index >= 15 is 0 Å². The van der Waals surface area contributed by atoms with Gasteiger partial charge in [0, 0.05) is 11.3 Å². The van der Waals surface area contributed by atoms with Crippen LogP contribution in [0.3, 0.4) is 0 Å². The molecule has 31 heavy (non-hydrogen) atoms. The topological polar surface area (TPSA) is 91.2 Å². The summed E-state index contributed by atoms with van der Waals surface area (Å²) in [6.45, 7) is 2.02. The third-order valence-electron chi connectivity index (χ3n) is 4.87. The number of anilines is 2. The van der Waals surface area contributed by atoms with E-state index in [1.54, 1.807) is 49.4 Å². The summed E-state index contributed by atoms with van der Waals surface area (Å²) in [5, 5.41) is 15.2. The third-order valence-corrected chi connectivity index (χ3v) is 4.87. The van der Waals surface area contributed by atoms with Crippen LogP contribution in [0.1, 0.15) is 34.0 Å². The van der Waals surface area contributed by atoms with Crippen molar-refractivity contribution in [3.05, 3.63) is 95.1 Å². The number of amides is 1. The maximum Gasteiger partial charge on any atom is 0.338 e. The number of nitrogens with one attached hydrogen (secondary N) is 2. The van der Waals surface area contributed by atoms with E-state index in [2.05, 4.69) is 16.7 Å². The average Bonchev–Trinajstić information content (AvgIpc) is 3.13. The average molecular weight is 409 g/mol. The van der Waals surface area contributed by atoms with Gasteiger partial charge >= 0.3 is 5.97 Å². The van der Waals surface area contributed by atoms with Crippen LogP contribution in [0.5, 0.6) is 0 Å².